The van der Waals surface area contributed by atoms with E-state index >= 15 is 0 Å². The fourth-order valence-corrected chi connectivity index (χ4v) is 2.63. The number of hydrogen-bond donors (Lipinski definition) is 2. The number of benzene rings is 2. The quantitative estimate of drug-likeness (QED) is 0.474. The van der Waals surface area contributed by atoms with Gasteiger partial charge in [-0.25, -0.2) is 0 Å². The van der Waals surface area contributed by atoms with E-state index in [-0.39, 0.29) is 29.1 Å². The van der Waals surface area contributed by atoms with Gasteiger partial charge in [-0.3, -0.25) is 4.79 Å². The van der Waals surface area contributed by atoms with Crippen molar-refractivity contribution in [3.8, 4) is 17.6 Å². The average molecular weight is 297 g/mol. The van der Waals surface area contributed by atoms with Gasteiger partial charge in [0.05, 0.1) is 11.1 Å². The number of hydrogen-bond acceptors (Lipinski definition) is 4. The summed E-state index contributed by atoms with van der Waals surface area (Å²) >= 11 is 0. The summed E-state index contributed by atoms with van der Waals surface area (Å²) in [4.78, 5) is 12.4. The SMILES string of the molecule is CCCCCCC(=O)c1c(O)c(O)c2ccccc2c1C#N. The Bertz CT molecular complexity index is 744. The smallest absolute Gasteiger partial charge is 0.170 e. The van der Waals surface area contributed by atoms with Crippen molar-refractivity contribution >= 4 is 16.6 Å². The van der Waals surface area contributed by atoms with Gasteiger partial charge in [-0.15, -0.1) is 0 Å². The zero-order valence-electron chi connectivity index (χ0n) is 12.6. The van der Waals surface area contributed by atoms with Crippen LogP contribution in [0.2, 0.25) is 0 Å². The molecule has 4 heteroatoms. The number of nitrogens with zero attached hydrogens (tertiary/aromatic N) is 1. The maximum atomic E-state index is 12.4. The van der Waals surface area contributed by atoms with E-state index in [1.54, 1.807) is 24.3 Å². The van der Waals surface area contributed by atoms with E-state index in [1.165, 1.54) is 0 Å². The van der Waals surface area contributed by atoms with Crippen LogP contribution in [-0.2, 0) is 0 Å². The number of carbonyl (C=O) groups is 1. The number of ketones is 1. The maximum absolute atomic E-state index is 12.4. The van der Waals surface area contributed by atoms with E-state index in [1.807, 2.05) is 6.07 Å². The molecule has 2 rings (SSSR count). The maximum Gasteiger partial charge on any atom is 0.170 e. The predicted molar refractivity (Wildman–Crippen MR) is 85.1 cm³/mol. The summed E-state index contributed by atoms with van der Waals surface area (Å²) in [6, 6.07) is 8.71. The van der Waals surface area contributed by atoms with Crippen LogP contribution in [0.3, 0.4) is 0 Å². The minimum absolute atomic E-state index is 0.0600. The van der Waals surface area contributed by atoms with E-state index in [2.05, 4.69) is 6.92 Å². The first-order chi connectivity index (χ1) is 10.6. The minimum Gasteiger partial charge on any atom is -0.504 e. The topological polar surface area (TPSA) is 81.3 Å². The monoisotopic (exact) mass is 297 g/mol. The molecule has 0 unspecified atom stereocenters. The molecule has 2 N–H and O–H groups in total. The van der Waals surface area contributed by atoms with Gasteiger partial charge in [-0.05, 0) is 6.42 Å². The Morgan fingerprint density at radius 3 is 2.41 bits per heavy atom. The fourth-order valence-electron chi connectivity index (χ4n) is 2.63. The predicted octanol–water partition coefficient (Wildman–Crippen LogP) is 4.28. The van der Waals surface area contributed by atoms with Crippen molar-refractivity contribution in [3.63, 3.8) is 0 Å². The van der Waals surface area contributed by atoms with Crippen LogP contribution in [0, 0.1) is 11.3 Å². The number of Topliss-reactive ketones (excluding diaryl/α,β-unsaturated/α-hetero) is 1. The van der Waals surface area contributed by atoms with Crippen molar-refractivity contribution in [1.29, 1.82) is 5.26 Å². The van der Waals surface area contributed by atoms with Gasteiger partial charge in [0.15, 0.2) is 17.3 Å². The third-order valence-electron chi connectivity index (χ3n) is 3.81. The molecular formula is C18H19NO3. The highest BCUT2D eigenvalue weighted by Gasteiger charge is 2.23. The molecule has 0 heterocycles. The first kappa shape index (κ1) is 15.8. The van der Waals surface area contributed by atoms with Gasteiger partial charge in [-0.2, -0.15) is 5.26 Å². The molecule has 0 atom stereocenters. The van der Waals surface area contributed by atoms with Gasteiger partial charge in [0.2, 0.25) is 0 Å². The lowest BCUT2D eigenvalue weighted by molar-refractivity contribution is 0.0976. The highest BCUT2D eigenvalue weighted by molar-refractivity contribution is 6.09. The second-order valence-corrected chi connectivity index (χ2v) is 5.34. The van der Waals surface area contributed by atoms with E-state index in [4.69, 9.17) is 0 Å². The van der Waals surface area contributed by atoms with Gasteiger partial charge >= 0.3 is 0 Å². The van der Waals surface area contributed by atoms with Crippen LogP contribution in [0.15, 0.2) is 24.3 Å². The summed E-state index contributed by atoms with van der Waals surface area (Å²) in [5.74, 6) is -1.13. The third kappa shape index (κ3) is 2.89. The first-order valence-corrected chi connectivity index (χ1v) is 7.51. The molecule has 0 saturated heterocycles. The number of phenolic OH excluding ortho intramolecular Hbond substituents is 2. The van der Waals surface area contributed by atoms with Crippen molar-refractivity contribution < 1.29 is 15.0 Å². The average Bonchev–Trinajstić information content (AvgIpc) is 2.54. The number of fused-ring (bicyclic) bond motifs is 1. The molecule has 2 aromatic carbocycles. The molecule has 0 bridgehead atoms. The highest BCUT2D eigenvalue weighted by atomic mass is 16.3. The van der Waals surface area contributed by atoms with Crippen LogP contribution in [0.1, 0.15) is 54.9 Å². The Balaban J connectivity index is 2.47. The van der Waals surface area contributed by atoms with Crippen molar-refractivity contribution in [3.05, 3.63) is 35.4 Å². The fraction of sp³-hybridized carbons (Fsp3) is 0.333. The molecule has 0 radical (unpaired) electrons. The Labute approximate surface area is 129 Å². The first-order valence-electron chi connectivity index (χ1n) is 7.51. The Hall–Kier alpha value is -2.54. The number of phenols is 2. The lowest BCUT2D eigenvalue weighted by Crippen LogP contribution is -2.04. The molecule has 0 spiro atoms. The summed E-state index contributed by atoms with van der Waals surface area (Å²) in [6.07, 6.45) is 4.03. The molecule has 22 heavy (non-hydrogen) atoms. The molecule has 0 aliphatic carbocycles. The third-order valence-corrected chi connectivity index (χ3v) is 3.81. The van der Waals surface area contributed by atoms with Gasteiger partial charge in [0.1, 0.15) is 6.07 Å². The number of carbonyl (C=O) groups excluding carboxylic acids is 1. The molecule has 2 aromatic rings. The van der Waals surface area contributed by atoms with Crippen LogP contribution in [0.4, 0.5) is 0 Å². The summed E-state index contributed by atoms with van der Waals surface area (Å²) in [5, 5.41) is 30.5. The molecule has 114 valence electrons. The summed E-state index contributed by atoms with van der Waals surface area (Å²) in [5.41, 5.74) is 0.0709. The minimum atomic E-state index is -0.490. The molecule has 0 aliphatic rings. The number of aromatic hydroxyl groups is 2. The molecular weight excluding hydrogens is 278 g/mol. The van der Waals surface area contributed by atoms with Crippen molar-refractivity contribution in [2.75, 3.05) is 0 Å². The van der Waals surface area contributed by atoms with Crippen LogP contribution in [0.5, 0.6) is 11.5 Å². The Kier molecular flexibility index (Phi) is 5.00. The highest BCUT2D eigenvalue weighted by Crippen LogP contribution is 2.40. The summed E-state index contributed by atoms with van der Waals surface area (Å²) in [6.45, 7) is 2.09. The van der Waals surface area contributed by atoms with Crippen LogP contribution in [0.25, 0.3) is 10.8 Å². The molecule has 0 aliphatic heterocycles. The van der Waals surface area contributed by atoms with Crippen LogP contribution < -0.4 is 0 Å². The molecule has 0 aromatic heterocycles. The molecule has 0 amide bonds. The van der Waals surface area contributed by atoms with E-state index in [0.29, 0.717) is 17.2 Å². The largest absolute Gasteiger partial charge is 0.504 e. The lowest BCUT2D eigenvalue weighted by atomic mass is 9.93. The zero-order chi connectivity index (χ0) is 16.1. The van der Waals surface area contributed by atoms with E-state index < -0.39 is 5.75 Å². The van der Waals surface area contributed by atoms with Crippen molar-refractivity contribution in [2.24, 2.45) is 0 Å². The van der Waals surface area contributed by atoms with Gasteiger partial charge < -0.3 is 10.2 Å². The zero-order valence-corrected chi connectivity index (χ0v) is 12.6. The lowest BCUT2D eigenvalue weighted by Gasteiger charge is -2.12. The molecule has 0 fully saturated rings. The van der Waals surface area contributed by atoms with E-state index in [9.17, 15) is 20.3 Å². The molecule has 0 saturated carbocycles. The van der Waals surface area contributed by atoms with Crippen molar-refractivity contribution in [2.45, 2.75) is 39.0 Å². The van der Waals surface area contributed by atoms with Crippen LogP contribution in [-0.4, -0.2) is 16.0 Å². The van der Waals surface area contributed by atoms with Gasteiger partial charge in [-0.1, -0.05) is 50.5 Å². The van der Waals surface area contributed by atoms with Crippen molar-refractivity contribution in [1.82, 2.24) is 0 Å². The molecule has 4 nitrogen and oxygen atoms in total. The van der Waals surface area contributed by atoms with Gasteiger partial charge in [0, 0.05) is 17.2 Å². The Morgan fingerprint density at radius 2 is 1.77 bits per heavy atom. The van der Waals surface area contributed by atoms with Crippen LogP contribution >= 0.6 is 0 Å². The summed E-state index contributed by atoms with van der Waals surface area (Å²) in [7, 11) is 0. The Morgan fingerprint density at radius 1 is 1.09 bits per heavy atom. The number of nitriles is 1. The van der Waals surface area contributed by atoms with Gasteiger partial charge in [0.25, 0.3) is 0 Å². The second-order valence-electron chi connectivity index (χ2n) is 5.34. The number of rotatable bonds is 6. The normalized spacial score (nSPS) is 10.5. The standard InChI is InChI=1S/C18H19NO3/c1-2-3-4-5-10-15(20)16-14(11-19)12-8-6-7-9-13(12)17(21)18(16)22/h6-9,21-22H,2-5,10H2,1H3. The number of unbranched alkanes of at least 4 members (excludes halogenated alkanes) is 3. The van der Waals surface area contributed by atoms with E-state index in [0.717, 1.165) is 19.3 Å². The second kappa shape index (κ2) is 6.95. The summed E-state index contributed by atoms with van der Waals surface area (Å²) < 4.78 is 0.